The number of ether oxygens (including phenoxy) is 1. The van der Waals surface area contributed by atoms with Crippen LogP contribution in [-0.4, -0.2) is 60.3 Å². The van der Waals surface area contributed by atoms with Crippen molar-refractivity contribution < 1.29 is 4.74 Å². The monoisotopic (exact) mass is 380 g/mol. The summed E-state index contributed by atoms with van der Waals surface area (Å²) in [6, 6.07) is 1.48. The Kier molecular flexibility index (Phi) is 10.7. The number of hydrogen-bond donors (Lipinski definition) is 0. The highest BCUT2D eigenvalue weighted by Gasteiger charge is 2.26. The zero-order valence-corrected chi connectivity index (χ0v) is 19.1. The highest BCUT2D eigenvalue weighted by atomic mass is 16.5. The number of rotatable bonds is 11. The van der Waals surface area contributed by atoms with Gasteiger partial charge >= 0.3 is 0 Å². The third-order valence-electron chi connectivity index (χ3n) is 7.23. The van der Waals surface area contributed by atoms with E-state index in [1.807, 2.05) is 0 Å². The molecular weight excluding hydrogens is 332 g/mol. The molecule has 2 aliphatic rings. The molecule has 0 aromatic carbocycles. The summed E-state index contributed by atoms with van der Waals surface area (Å²) in [5.41, 5.74) is 0. The molecule has 0 radical (unpaired) electrons. The highest BCUT2D eigenvalue weighted by Crippen LogP contribution is 2.30. The van der Waals surface area contributed by atoms with E-state index in [4.69, 9.17) is 4.74 Å². The van der Waals surface area contributed by atoms with Crippen LogP contribution in [0, 0.1) is 5.92 Å². The molecule has 3 atom stereocenters. The minimum Gasteiger partial charge on any atom is -0.375 e. The van der Waals surface area contributed by atoms with Gasteiger partial charge in [0.05, 0.1) is 12.2 Å². The Morgan fingerprint density at radius 1 is 1.00 bits per heavy atom. The lowest BCUT2D eigenvalue weighted by Gasteiger charge is -2.42. The average molecular weight is 381 g/mol. The maximum absolute atomic E-state index is 6.22. The van der Waals surface area contributed by atoms with Crippen molar-refractivity contribution in [2.75, 3.05) is 26.2 Å². The molecule has 27 heavy (non-hydrogen) atoms. The van der Waals surface area contributed by atoms with Gasteiger partial charge in [-0.2, -0.15) is 0 Å². The van der Waals surface area contributed by atoms with Crippen molar-refractivity contribution in [1.82, 2.24) is 9.80 Å². The second kappa shape index (κ2) is 12.4. The van der Waals surface area contributed by atoms with E-state index < -0.39 is 0 Å². The van der Waals surface area contributed by atoms with Crippen molar-refractivity contribution in [2.45, 2.75) is 123 Å². The van der Waals surface area contributed by atoms with E-state index in [0.29, 0.717) is 12.2 Å². The van der Waals surface area contributed by atoms with Crippen molar-refractivity contribution in [3.05, 3.63) is 0 Å². The molecule has 0 spiro atoms. The number of nitrogens with zero attached hydrogens (tertiary/aromatic N) is 2. The van der Waals surface area contributed by atoms with E-state index in [-0.39, 0.29) is 0 Å². The Morgan fingerprint density at radius 2 is 1.74 bits per heavy atom. The van der Waals surface area contributed by atoms with Gasteiger partial charge in [-0.15, -0.1) is 0 Å². The number of unbranched alkanes of at least 4 members (excludes halogenated alkanes) is 1. The summed E-state index contributed by atoms with van der Waals surface area (Å²) in [5.74, 6) is 0.964. The molecule has 2 rings (SSSR count). The van der Waals surface area contributed by atoms with Crippen LogP contribution in [0.15, 0.2) is 0 Å². The van der Waals surface area contributed by atoms with Gasteiger partial charge in [-0.25, -0.2) is 0 Å². The first-order valence-electron chi connectivity index (χ1n) is 12.2. The molecule has 0 aromatic rings. The maximum Gasteiger partial charge on any atom is 0.0579 e. The summed E-state index contributed by atoms with van der Waals surface area (Å²) in [4.78, 5) is 5.42. The second-order valence-corrected chi connectivity index (χ2v) is 9.51. The van der Waals surface area contributed by atoms with Crippen LogP contribution in [0.4, 0.5) is 0 Å². The molecule has 0 aromatic heterocycles. The lowest BCUT2D eigenvalue weighted by atomic mass is 9.84. The van der Waals surface area contributed by atoms with Crippen LogP contribution < -0.4 is 0 Å². The molecule has 0 amide bonds. The fraction of sp³-hybridized carbons (Fsp3) is 1.00. The van der Waals surface area contributed by atoms with Crippen LogP contribution in [0.25, 0.3) is 0 Å². The Balaban J connectivity index is 1.54. The van der Waals surface area contributed by atoms with Crippen molar-refractivity contribution >= 4 is 0 Å². The summed E-state index contributed by atoms with van der Waals surface area (Å²) in [5, 5.41) is 0. The Morgan fingerprint density at radius 3 is 2.37 bits per heavy atom. The van der Waals surface area contributed by atoms with Crippen LogP contribution >= 0.6 is 0 Å². The lowest BCUT2D eigenvalue weighted by molar-refractivity contribution is -0.0321. The Bertz CT molecular complexity index is 381. The molecule has 0 bridgehead atoms. The van der Waals surface area contributed by atoms with Gasteiger partial charge < -0.3 is 4.74 Å². The fourth-order valence-electron chi connectivity index (χ4n) is 5.12. The van der Waals surface area contributed by atoms with Crippen LogP contribution in [-0.2, 0) is 4.74 Å². The first kappa shape index (κ1) is 23.2. The van der Waals surface area contributed by atoms with Crippen molar-refractivity contribution in [3.8, 4) is 0 Å². The quantitative estimate of drug-likeness (QED) is 0.426. The van der Waals surface area contributed by atoms with Crippen LogP contribution in [0.2, 0.25) is 0 Å². The zero-order valence-electron chi connectivity index (χ0n) is 19.1. The Labute approximate surface area is 170 Å². The van der Waals surface area contributed by atoms with Crippen molar-refractivity contribution in [2.24, 2.45) is 5.92 Å². The summed E-state index contributed by atoms with van der Waals surface area (Å²) < 4.78 is 6.22. The molecule has 3 unspecified atom stereocenters. The Hall–Kier alpha value is -0.120. The summed E-state index contributed by atoms with van der Waals surface area (Å²) in [7, 11) is 0. The predicted octanol–water partition coefficient (Wildman–Crippen LogP) is 5.73. The smallest absolute Gasteiger partial charge is 0.0579 e. The van der Waals surface area contributed by atoms with Gasteiger partial charge in [0, 0.05) is 31.7 Å². The summed E-state index contributed by atoms with van der Waals surface area (Å²) in [6.45, 7) is 16.7. The van der Waals surface area contributed by atoms with E-state index in [2.05, 4.69) is 44.4 Å². The zero-order chi connectivity index (χ0) is 19.6. The van der Waals surface area contributed by atoms with E-state index >= 15 is 0 Å². The van der Waals surface area contributed by atoms with Gasteiger partial charge in [-0.05, 0) is 78.2 Å². The summed E-state index contributed by atoms with van der Waals surface area (Å²) in [6.07, 6.45) is 14.4. The molecule has 3 heteroatoms. The predicted molar refractivity (Wildman–Crippen MR) is 117 cm³/mol. The number of piperazine rings is 1. The largest absolute Gasteiger partial charge is 0.375 e. The average Bonchev–Trinajstić information content (AvgIpc) is 2.67. The van der Waals surface area contributed by atoms with Gasteiger partial charge in [-0.3, -0.25) is 9.80 Å². The minimum absolute atomic E-state index is 0.458. The molecule has 1 heterocycles. The van der Waals surface area contributed by atoms with Crippen LogP contribution in [0.3, 0.4) is 0 Å². The first-order valence-corrected chi connectivity index (χ1v) is 12.2. The third-order valence-corrected chi connectivity index (χ3v) is 7.23. The molecule has 0 N–H and O–H groups in total. The number of hydrogen-bond acceptors (Lipinski definition) is 3. The van der Waals surface area contributed by atoms with E-state index in [9.17, 15) is 0 Å². The molecule has 1 saturated carbocycles. The van der Waals surface area contributed by atoms with Crippen molar-refractivity contribution in [1.29, 1.82) is 0 Å². The highest BCUT2D eigenvalue weighted by molar-refractivity contribution is 4.82. The molecule has 160 valence electrons. The van der Waals surface area contributed by atoms with E-state index in [1.54, 1.807) is 0 Å². The van der Waals surface area contributed by atoms with Gasteiger partial charge in [0.1, 0.15) is 0 Å². The van der Waals surface area contributed by atoms with Crippen LogP contribution in [0.1, 0.15) is 98.8 Å². The third kappa shape index (κ3) is 8.03. The first-order chi connectivity index (χ1) is 13.0. The van der Waals surface area contributed by atoms with Crippen molar-refractivity contribution in [3.63, 3.8) is 0 Å². The molecule has 2 fully saturated rings. The molecule has 3 nitrogen and oxygen atoms in total. The molecule has 1 saturated heterocycles. The fourth-order valence-corrected chi connectivity index (χ4v) is 5.12. The maximum atomic E-state index is 6.22. The molecule has 1 aliphatic heterocycles. The SMILES string of the molecule is CCCC(C)OC1CCC(CCCCN2CCN(C(C)CC)CC2C)CC1. The minimum atomic E-state index is 0.458. The topological polar surface area (TPSA) is 15.7 Å². The van der Waals surface area contributed by atoms with Crippen LogP contribution in [0.5, 0.6) is 0 Å². The van der Waals surface area contributed by atoms with Gasteiger partial charge in [0.15, 0.2) is 0 Å². The lowest BCUT2D eigenvalue weighted by Crippen LogP contribution is -2.54. The standard InChI is InChI=1S/C24H48N2O/c1-6-10-22(5)27-24-14-12-23(13-15-24)11-8-9-16-25-17-18-26(19-21(25)4)20(3)7-2/h20-24H,6-19H2,1-5H3. The molecular formula is C24H48N2O. The second-order valence-electron chi connectivity index (χ2n) is 9.51. The summed E-state index contributed by atoms with van der Waals surface area (Å²) >= 11 is 0. The van der Waals surface area contributed by atoms with Gasteiger partial charge in [0.2, 0.25) is 0 Å². The van der Waals surface area contributed by atoms with Gasteiger partial charge in [0.25, 0.3) is 0 Å². The van der Waals surface area contributed by atoms with E-state index in [0.717, 1.165) is 18.0 Å². The van der Waals surface area contributed by atoms with E-state index in [1.165, 1.54) is 90.4 Å². The normalized spacial score (nSPS) is 30.3. The molecule has 1 aliphatic carbocycles. The van der Waals surface area contributed by atoms with Gasteiger partial charge in [-0.1, -0.05) is 33.1 Å².